The second kappa shape index (κ2) is 7.31. The topological polar surface area (TPSA) is 64.3 Å². The number of anilines is 2. The van der Waals surface area contributed by atoms with E-state index in [1.807, 2.05) is 24.3 Å². The summed E-state index contributed by atoms with van der Waals surface area (Å²) in [6.07, 6.45) is 0. The predicted molar refractivity (Wildman–Crippen MR) is 93.2 cm³/mol. The fourth-order valence-corrected chi connectivity index (χ4v) is 2.41. The maximum atomic E-state index is 11.9. The lowest BCUT2D eigenvalue weighted by Crippen LogP contribution is -2.20. The second-order valence-electron chi connectivity index (χ2n) is 5.30. The molecule has 0 radical (unpaired) electrons. The highest BCUT2D eigenvalue weighted by atomic mass is 79.9. The van der Waals surface area contributed by atoms with Crippen LogP contribution in [-0.2, 0) is 4.79 Å². The van der Waals surface area contributed by atoms with Crippen LogP contribution in [-0.4, -0.2) is 12.5 Å². The van der Waals surface area contributed by atoms with E-state index >= 15 is 0 Å². The summed E-state index contributed by atoms with van der Waals surface area (Å²) in [5, 5.41) is 2.77. The normalized spacial score (nSPS) is 10.5. The number of ether oxygens (including phenoxy) is 1. The third-order valence-electron chi connectivity index (χ3n) is 3.18. The number of halogens is 1. The van der Waals surface area contributed by atoms with Gasteiger partial charge in [-0.15, -0.1) is 0 Å². The molecule has 0 fully saturated rings. The molecule has 3 N–H and O–H groups in total. The van der Waals surface area contributed by atoms with E-state index in [1.165, 1.54) is 5.56 Å². The minimum Gasteiger partial charge on any atom is -0.484 e. The highest BCUT2D eigenvalue weighted by Gasteiger charge is 2.07. The van der Waals surface area contributed by atoms with Crippen LogP contribution in [0.3, 0.4) is 0 Å². The van der Waals surface area contributed by atoms with Gasteiger partial charge in [-0.1, -0.05) is 26.0 Å². The van der Waals surface area contributed by atoms with Crippen LogP contribution in [0.25, 0.3) is 0 Å². The van der Waals surface area contributed by atoms with Gasteiger partial charge in [0, 0.05) is 10.2 Å². The Morgan fingerprint density at radius 2 is 1.91 bits per heavy atom. The van der Waals surface area contributed by atoms with Gasteiger partial charge in [-0.05, 0) is 57.7 Å². The largest absolute Gasteiger partial charge is 0.484 e. The number of amides is 1. The predicted octanol–water partition coefficient (Wildman–Crippen LogP) is 4.17. The van der Waals surface area contributed by atoms with Crippen LogP contribution < -0.4 is 15.8 Å². The molecule has 0 spiro atoms. The molecule has 1 amide bonds. The quantitative estimate of drug-likeness (QED) is 0.784. The van der Waals surface area contributed by atoms with E-state index in [9.17, 15) is 4.79 Å². The first-order chi connectivity index (χ1) is 10.5. The number of benzene rings is 2. The van der Waals surface area contributed by atoms with E-state index in [4.69, 9.17) is 10.5 Å². The van der Waals surface area contributed by atoms with Crippen molar-refractivity contribution in [2.45, 2.75) is 19.8 Å². The third kappa shape index (κ3) is 4.49. The molecule has 0 atom stereocenters. The van der Waals surface area contributed by atoms with E-state index in [1.54, 1.807) is 18.2 Å². The molecule has 4 nitrogen and oxygen atoms in total. The summed E-state index contributed by atoms with van der Waals surface area (Å²) in [5.74, 6) is 0.926. The first-order valence-electron chi connectivity index (χ1n) is 7.03. The van der Waals surface area contributed by atoms with Gasteiger partial charge >= 0.3 is 0 Å². The van der Waals surface area contributed by atoms with Crippen LogP contribution in [0.15, 0.2) is 46.9 Å². The molecule has 0 aliphatic carbocycles. The van der Waals surface area contributed by atoms with E-state index in [0.717, 1.165) is 4.47 Å². The Morgan fingerprint density at radius 3 is 2.50 bits per heavy atom. The lowest BCUT2D eigenvalue weighted by molar-refractivity contribution is -0.118. The molecule has 0 unspecified atom stereocenters. The van der Waals surface area contributed by atoms with Crippen LogP contribution in [0.4, 0.5) is 11.4 Å². The molecule has 22 heavy (non-hydrogen) atoms. The van der Waals surface area contributed by atoms with Crippen molar-refractivity contribution in [3.05, 3.63) is 52.5 Å². The molecular weight excluding hydrogens is 344 g/mol. The molecular formula is C17H19BrN2O2. The Balaban J connectivity index is 1.89. The Labute approximate surface area is 138 Å². The lowest BCUT2D eigenvalue weighted by atomic mass is 10.0. The summed E-state index contributed by atoms with van der Waals surface area (Å²) >= 11 is 3.36. The monoisotopic (exact) mass is 362 g/mol. The van der Waals surface area contributed by atoms with Crippen molar-refractivity contribution in [3.63, 3.8) is 0 Å². The summed E-state index contributed by atoms with van der Waals surface area (Å²) in [6.45, 7) is 4.22. The maximum absolute atomic E-state index is 11.9. The molecule has 5 heteroatoms. The van der Waals surface area contributed by atoms with Crippen LogP contribution >= 0.6 is 15.9 Å². The number of rotatable bonds is 5. The maximum Gasteiger partial charge on any atom is 0.262 e. The molecule has 0 aromatic heterocycles. The van der Waals surface area contributed by atoms with Crippen LogP contribution in [0.1, 0.15) is 25.3 Å². The number of carbonyl (C=O) groups is 1. The number of nitrogens with two attached hydrogens (primary N) is 1. The highest BCUT2D eigenvalue weighted by molar-refractivity contribution is 9.10. The van der Waals surface area contributed by atoms with Crippen molar-refractivity contribution in [2.24, 2.45) is 0 Å². The zero-order valence-electron chi connectivity index (χ0n) is 12.6. The van der Waals surface area contributed by atoms with Gasteiger partial charge in [0.1, 0.15) is 5.75 Å². The number of nitrogens with one attached hydrogen (secondary N) is 1. The Kier molecular flexibility index (Phi) is 5.44. The van der Waals surface area contributed by atoms with Crippen molar-refractivity contribution in [1.82, 2.24) is 0 Å². The minimum atomic E-state index is -0.224. The van der Waals surface area contributed by atoms with Crippen molar-refractivity contribution < 1.29 is 9.53 Å². The fraction of sp³-hybridized carbons (Fsp3) is 0.235. The van der Waals surface area contributed by atoms with Crippen molar-refractivity contribution in [1.29, 1.82) is 0 Å². The van der Waals surface area contributed by atoms with Gasteiger partial charge in [-0.3, -0.25) is 4.79 Å². The summed E-state index contributed by atoms with van der Waals surface area (Å²) in [5.41, 5.74) is 8.19. The van der Waals surface area contributed by atoms with Gasteiger partial charge in [-0.2, -0.15) is 0 Å². The average molecular weight is 363 g/mol. The standard InChI is InChI=1S/C17H19BrN2O2/c1-11(2)12-3-6-14(7-4-12)22-10-17(21)20-16-8-5-13(19)9-15(16)18/h3-9,11H,10,19H2,1-2H3,(H,20,21). The van der Waals surface area contributed by atoms with Gasteiger partial charge in [0.15, 0.2) is 6.61 Å². The summed E-state index contributed by atoms with van der Waals surface area (Å²) in [4.78, 5) is 11.9. The van der Waals surface area contributed by atoms with E-state index in [-0.39, 0.29) is 12.5 Å². The van der Waals surface area contributed by atoms with Crippen LogP contribution in [0.5, 0.6) is 5.75 Å². The zero-order valence-corrected chi connectivity index (χ0v) is 14.2. The average Bonchev–Trinajstić information content (AvgIpc) is 2.48. The number of nitrogen functional groups attached to an aromatic ring is 1. The molecule has 2 rings (SSSR count). The summed E-state index contributed by atoms with van der Waals surface area (Å²) in [7, 11) is 0. The molecule has 0 heterocycles. The van der Waals surface area contributed by atoms with Gasteiger partial charge in [-0.25, -0.2) is 0 Å². The van der Waals surface area contributed by atoms with E-state index in [2.05, 4.69) is 35.1 Å². The van der Waals surface area contributed by atoms with Crippen LogP contribution in [0, 0.1) is 0 Å². The summed E-state index contributed by atoms with van der Waals surface area (Å²) in [6, 6.07) is 13.0. The molecule has 0 saturated carbocycles. The Morgan fingerprint density at radius 1 is 1.23 bits per heavy atom. The van der Waals surface area contributed by atoms with Gasteiger partial charge in [0.2, 0.25) is 0 Å². The molecule has 0 saturated heterocycles. The summed E-state index contributed by atoms with van der Waals surface area (Å²) < 4.78 is 6.22. The second-order valence-corrected chi connectivity index (χ2v) is 6.15. The van der Waals surface area contributed by atoms with Crippen molar-refractivity contribution >= 4 is 33.2 Å². The van der Waals surface area contributed by atoms with E-state index < -0.39 is 0 Å². The van der Waals surface area contributed by atoms with Crippen molar-refractivity contribution in [3.8, 4) is 5.75 Å². The molecule has 116 valence electrons. The molecule has 2 aromatic rings. The molecule has 0 bridgehead atoms. The molecule has 0 aliphatic rings. The SMILES string of the molecule is CC(C)c1ccc(OCC(=O)Nc2ccc(N)cc2Br)cc1. The van der Waals surface area contributed by atoms with Gasteiger partial charge < -0.3 is 15.8 Å². The number of hydrogen-bond donors (Lipinski definition) is 2. The first-order valence-corrected chi connectivity index (χ1v) is 7.82. The highest BCUT2D eigenvalue weighted by Crippen LogP contribution is 2.24. The minimum absolute atomic E-state index is 0.0438. The van der Waals surface area contributed by atoms with Crippen LogP contribution in [0.2, 0.25) is 0 Å². The lowest BCUT2D eigenvalue weighted by Gasteiger charge is -2.10. The van der Waals surface area contributed by atoms with Crippen molar-refractivity contribution in [2.75, 3.05) is 17.7 Å². The van der Waals surface area contributed by atoms with Gasteiger partial charge in [0.25, 0.3) is 5.91 Å². The smallest absolute Gasteiger partial charge is 0.262 e. The third-order valence-corrected chi connectivity index (χ3v) is 3.84. The van der Waals surface area contributed by atoms with Gasteiger partial charge in [0.05, 0.1) is 5.69 Å². The number of carbonyl (C=O) groups excluding carboxylic acids is 1. The number of hydrogen-bond acceptors (Lipinski definition) is 3. The fourth-order valence-electron chi connectivity index (χ4n) is 1.92. The first kappa shape index (κ1) is 16.4. The Hall–Kier alpha value is -2.01. The molecule has 0 aliphatic heterocycles. The van der Waals surface area contributed by atoms with E-state index in [0.29, 0.717) is 23.0 Å². The Bertz CT molecular complexity index is 654. The zero-order chi connectivity index (χ0) is 16.1. The molecule has 2 aromatic carbocycles.